The number of anilines is 2. The minimum Gasteiger partial charge on any atom is -0.456 e. The molecule has 5 aromatic rings. The molecule has 6 heterocycles. The van der Waals surface area contributed by atoms with Crippen molar-refractivity contribution in [2.24, 2.45) is 0 Å². The molecule has 28 heteroatoms. The van der Waals surface area contributed by atoms with Gasteiger partial charge in [0, 0.05) is 98.3 Å². The van der Waals surface area contributed by atoms with E-state index in [1.54, 1.807) is 11.9 Å². The van der Waals surface area contributed by atoms with E-state index >= 15 is 0 Å². The van der Waals surface area contributed by atoms with Crippen molar-refractivity contribution in [3.05, 3.63) is 112 Å². The van der Waals surface area contributed by atoms with Crippen molar-refractivity contribution in [3.8, 4) is 11.5 Å². The van der Waals surface area contributed by atoms with Gasteiger partial charge >= 0.3 is 23.5 Å². The van der Waals surface area contributed by atoms with Crippen LogP contribution in [-0.2, 0) is 36.4 Å². The van der Waals surface area contributed by atoms with Crippen molar-refractivity contribution in [2.75, 3.05) is 56.6 Å². The maximum Gasteiger partial charge on any atom is 0.490 e. The highest BCUT2D eigenvalue weighted by Crippen LogP contribution is 2.66. The Balaban J connectivity index is 0.775. The van der Waals surface area contributed by atoms with E-state index in [9.17, 15) is 43.3 Å². The predicted octanol–water partition coefficient (Wildman–Crippen LogP) is 6.51. The van der Waals surface area contributed by atoms with Gasteiger partial charge in [-0.2, -0.15) is 8.62 Å². The summed E-state index contributed by atoms with van der Waals surface area (Å²) in [6, 6.07) is 16.6. The van der Waals surface area contributed by atoms with E-state index in [1.165, 1.54) is 28.4 Å². The molecule has 0 aliphatic carbocycles. The molecule has 85 heavy (non-hydrogen) atoms. The fourth-order valence-electron chi connectivity index (χ4n) is 12.0. The van der Waals surface area contributed by atoms with Gasteiger partial charge in [-0.1, -0.05) is 37.1 Å². The number of hydrogen-bond acceptors (Lipinski definition) is 17. The normalized spacial score (nSPS) is 20.9. The lowest BCUT2D eigenvalue weighted by Gasteiger charge is -2.43. The van der Waals surface area contributed by atoms with Crippen molar-refractivity contribution in [1.29, 1.82) is 0 Å². The Kier molecular flexibility index (Phi) is 18.7. The molecule has 0 radical (unpaired) electrons. The number of ether oxygens (including phenoxy) is 2. The number of rotatable bonds is 24. The highest BCUT2D eigenvalue weighted by Gasteiger charge is 2.47. The van der Waals surface area contributed by atoms with E-state index in [2.05, 4.69) is 140 Å². The standard InChI is InChI=1S/C57H74N9O16P3/c1-10-65-42-27-44-40(25-38(42)34(3)29-56(65,5)6)48(41-26-39-35(4)30-57(7,8)66(11-2)43(39)28-45(41)79-44)36-19-14-15-20-37(36)54(70)63(9)24-18-21-47(67)58-22-16-12-13-17-23-59-52-49-53(61-32-60-52)64(33-62-49)55-51(69)50(68)46(80-55)31-78-84(74,75)82-85(76,77)81-83(71,72)73/h14-15,19-20,25-30,32-33,46,50-51,55,68-69H,10-13,16-18,21-24,31H2,1-9H3,(H5-,58,59,60,61,67,71,72,73,74,75,76,77)/p+1/t46-,50-,51-,55-/m1/s1. The van der Waals surface area contributed by atoms with Gasteiger partial charge in [-0.05, 0) is 102 Å². The van der Waals surface area contributed by atoms with Gasteiger partial charge in [0.25, 0.3) is 5.91 Å². The van der Waals surface area contributed by atoms with Crippen molar-refractivity contribution < 1.29 is 75.7 Å². The fourth-order valence-corrected chi connectivity index (χ4v) is 15.0. The van der Waals surface area contributed by atoms with Crippen LogP contribution in [0.15, 0.2) is 73.3 Å². The molecule has 4 aliphatic heterocycles. The van der Waals surface area contributed by atoms with Gasteiger partial charge in [-0.25, -0.2) is 33.2 Å². The van der Waals surface area contributed by atoms with Crippen molar-refractivity contribution in [3.63, 3.8) is 0 Å². The Morgan fingerprint density at radius 1 is 0.812 bits per heavy atom. The quantitative estimate of drug-likeness (QED) is 0.0182. The lowest BCUT2D eigenvalue weighted by Crippen LogP contribution is -2.49. The Bertz CT molecular complexity index is 3770. The molecule has 1 fully saturated rings. The molecule has 3 aromatic carbocycles. The number of aromatic nitrogens is 4. The molecule has 0 saturated carbocycles. The van der Waals surface area contributed by atoms with Crippen LogP contribution < -0.4 is 35.4 Å². The summed E-state index contributed by atoms with van der Waals surface area (Å²) in [5.74, 6) is 1.59. The summed E-state index contributed by atoms with van der Waals surface area (Å²) >= 11 is 0. The second-order valence-electron chi connectivity index (χ2n) is 22.7. The number of amides is 2. The monoisotopic (exact) mass is 1230 g/mol. The number of nitrogens with one attached hydrogen (secondary N) is 2. The van der Waals surface area contributed by atoms with Gasteiger partial charge < -0.3 is 59.7 Å². The molecule has 2 unspecified atom stereocenters. The molecule has 458 valence electrons. The summed E-state index contributed by atoms with van der Waals surface area (Å²) in [5, 5.41) is 29.7. The van der Waals surface area contributed by atoms with Crippen molar-refractivity contribution in [2.45, 2.75) is 130 Å². The number of aliphatic hydroxyl groups excluding tert-OH is 2. The SMILES string of the molecule is CCN1c2cc3c(cc2C(C)=CC1(C)C)C(c1ccccc1C(=O)N(C)CCCC(=O)NCCCCCCNc1ncnc2c1ncn2[C@@H]1O[C@H](COP(=O)(O)OP(=O)(O)OP(=O)(O)O)[C@@H](O)[C@H]1O)=c1cc2c(cc1O3)=[N+](CC)C(C)(C)C=C2C. The van der Waals surface area contributed by atoms with E-state index in [1.807, 2.05) is 24.3 Å². The lowest BCUT2D eigenvalue weighted by molar-refractivity contribution is -0.121. The molecule has 25 nitrogen and oxygen atoms in total. The van der Waals surface area contributed by atoms with Crippen LogP contribution in [0.1, 0.15) is 133 Å². The van der Waals surface area contributed by atoms with Crippen LogP contribution >= 0.6 is 23.5 Å². The van der Waals surface area contributed by atoms with Crippen molar-refractivity contribution in [1.82, 2.24) is 34.3 Å². The van der Waals surface area contributed by atoms with Gasteiger partial charge in [0.15, 0.2) is 28.7 Å². The Hall–Kier alpha value is -6.01. The maximum absolute atomic E-state index is 14.7. The Morgan fingerprint density at radius 3 is 2.25 bits per heavy atom. The average molecular weight is 1240 g/mol. The zero-order chi connectivity index (χ0) is 61.6. The smallest absolute Gasteiger partial charge is 0.456 e. The fraction of sp³-hybridized carbons (Fsp3) is 0.474. The second-order valence-corrected chi connectivity index (χ2v) is 27.1. The van der Waals surface area contributed by atoms with Crippen LogP contribution in [-0.4, -0.2) is 142 Å². The number of nitrogens with zero attached hydrogens (tertiary/aromatic N) is 7. The number of carbonyl (C=O) groups excluding carboxylic acids is 2. The number of phosphoric ester groups is 1. The maximum atomic E-state index is 14.7. The van der Waals surface area contributed by atoms with Crippen LogP contribution in [0.25, 0.3) is 27.9 Å². The summed E-state index contributed by atoms with van der Waals surface area (Å²) in [6.45, 7) is 19.6. The molecule has 2 amide bonds. The number of carbonyl (C=O) groups is 2. The first-order valence-electron chi connectivity index (χ1n) is 28.2. The minimum atomic E-state index is -5.78. The summed E-state index contributed by atoms with van der Waals surface area (Å²) < 4.78 is 63.2. The van der Waals surface area contributed by atoms with E-state index in [-0.39, 0.29) is 35.0 Å². The highest BCUT2D eigenvalue weighted by molar-refractivity contribution is 7.66. The molecule has 9 rings (SSSR count). The number of aliphatic hydroxyl groups is 2. The number of allylic oxidation sites excluding steroid dienone is 2. The van der Waals surface area contributed by atoms with E-state index in [4.69, 9.17) is 19.3 Å². The summed E-state index contributed by atoms with van der Waals surface area (Å²) in [7, 11) is -15.1. The van der Waals surface area contributed by atoms with Crippen LogP contribution in [0.5, 0.6) is 11.5 Å². The van der Waals surface area contributed by atoms with E-state index < -0.39 is 54.6 Å². The number of fused-ring (bicyclic) bond motifs is 5. The third-order valence-electron chi connectivity index (χ3n) is 15.7. The van der Waals surface area contributed by atoms with Gasteiger partial charge in [-0.15, -0.1) is 0 Å². The largest absolute Gasteiger partial charge is 0.490 e. The van der Waals surface area contributed by atoms with Crippen molar-refractivity contribution >= 4 is 74.7 Å². The zero-order valence-electron chi connectivity index (χ0n) is 49.0. The molecule has 2 aromatic heterocycles. The zero-order valence-corrected chi connectivity index (χ0v) is 51.6. The van der Waals surface area contributed by atoms with Gasteiger partial charge in [0.1, 0.15) is 42.7 Å². The Labute approximate surface area is 492 Å². The Morgan fingerprint density at radius 2 is 1.53 bits per heavy atom. The minimum absolute atomic E-state index is 0.0970. The third kappa shape index (κ3) is 13.7. The average Bonchev–Trinajstić information content (AvgIpc) is 1.41. The lowest BCUT2D eigenvalue weighted by atomic mass is 9.83. The van der Waals surface area contributed by atoms with Crippen LogP contribution in [0.4, 0.5) is 11.5 Å². The van der Waals surface area contributed by atoms with E-state index in [0.29, 0.717) is 43.0 Å². The predicted molar refractivity (Wildman–Crippen MR) is 318 cm³/mol. The second kappa shape index (κ2) is 25.0. The molecule has 8 N–H and O–H groups in total. The van der Waals surface area contributed by atoms with Gasteiger partial charge in [0.05, 0.1) is 24.5 Å². The number of benzene rings is 3. The van der Waals surface area contributed by atoms with Gasteiger partial charge in [-0.3, -0.25) is 18.7 Å². The van der Waals surface area contributed by atoms with Crippen LogP contribution in [0, 0.1) is 0 Å². The molecule has 6 atom stereocenters. The first-order chi connectivity index (χ1) is 40.0. The number of imidazole rings is 1. The molecule has 1 saturated heterocycles. The summed E-state index contributed by atoms with van der Waals surface area (Å²) in [4.78, 5) is 81.4. The summed E-state index contributed by atoms with van der Waals surface area (Å²) in [5.41, 5.74) is 8.99. The number of hydrogen-bond donors (Lipinski definition) is 8. The van der Waals surface area contributed by atoms with Gasteiger partial charge in [0.2, 0.25) is 11.3 Å². The number of likely N-dealkylation sites (N-methyl/N-ethyl adjacent to an activating group) is 2. The number of phosphoric acid groups is 3. The molecular formula is C57H75N9O16P3+. The third-order valence-corrected chi connectivity index (χ3v) is 19.5. The van der Waals surface area contributed by atoms with Crippen LogP contribution in [0.3, 0.4) is 0 Å². The van der Waals surface area contributed by atoms with Crippen LogP contribution in [0.2, 0.25) is 0 Å². The molecule has 0 bridgehead atoms. The highest BCUT2D eigenvalue weighted by atomic mass is 31.3. The van der Waals surface area contributed by atoms with E-state index in [0.717, 1.165) is 94.4 Å². The first kappa shape index (κ1) is 63.5. The molecule has 4 aliphatic rings. The summed E-state index contributed by atoms with van der Waals surface area (Å²) in [6.07, 6.45) is 4.80. The molecule has 0 spiro atoms. The number of unbranched alkanes of at least 4 members (excludes halogenated alkanes) is 3. The molecular weight excluding hydrogens is 1160 g/mol. The first-order valence-corrected chi connectivity index (χ1v) is 32.7. The topological polar surface area (TPSA) is 330 Å².